The van der Waals surface area contributed by atoms with E-state index in [1.165, 1.54) is 0 Å². The van der Waals surface area contributed by atoms with E-state index in [0.29, 0.717) is 42.9 Å². The standard InChI is InChI=1S/C39H46N4O6Si/c1-38(2,3)48-36(46)23-10-13-28-31(16-23)39(49-37(28)47)29-14-11-26(42-19-24(20-42)34(44)40(4)5)17-32(29)50(8,9)33-18-27(12-15-30(33)39)43-21-25(22-43)35(45)41(6)7/h10-18,24-25H,19-22H2,1-9H3. The molecule has 0 unspecified atom stereocenters. The molecule has 0 saturated carbocycles. The average molecular weight is 695 g/mol. The lowest BCUT2D eigenvalue weighted by Gasteiger charge is -2.47. The third-order valence-electron chi connectivity index (χ3n) is 10.7. The van der Waals surface area contributed by atoms with E-state index >= 15 is 0 Å². The van der Waals surface area contributed by atoms with Crippen LogP contribution in [0.25, 0.3) is 0 Å². The zero-order chi connectivity index (χ0) is 36.1. The van der Waals surface area contributed by atoms with Crippen LogP contribution in [0.15, 0.2) is 54.6 Å². The first-order valence-electron chi connectivity index (χ1n) is 17.3. The van der Waals surface area contributed by atoms with Crippen molar-refractivity contribution < 1.29 is 28.7 Å². The number of nitrogens with zero attached hydrogens (tertiary/aromatic N) is 4. The fourth-order valence-corrected chi connectivity index (χ4v) is 11.1. The zero-order valence-electron chi connectivity index (χ0n) is 30.4. The van der Waals surface area contributed by atoms with Gasteiger partial charge < -0.3 is 29.1 Å². The maximum absolute atomic E-state index is 13.8. The number of hydrogen-bond donors (Lipinski definition) is 0. The van der Waals surface area contributed by atoms with Crippen LogP contribution in [-0.2, 0) is 24.7 Å². The molecule has 10 nitrogen and oxygen atoms in total. The Morgan fingerprint density at radius 2 is 1.24 bits per heavy atom. The maximum atomic E-state index is 13.8. The highest BCUT2D eigenvalue weighted by Crippen LogP contribution is 2.50. The average Bonchev–Trinajstić information content (AvgIpc) is 3.29. The predicted octanol–water partition coefficient (Wildman–Crippen LogP) is 3.29. The van der Waals surface area contributed by atoms with Crippen LogP contribution in [0.1, 0.15) is 58.2 Å². The molecular formula is C39H46N4O6Si. The first-order chi connectivity index (χ1) is 23.4. The summed E-state index contributed by atoms with van der Waals surface area (Å²) in [6.07, 6.45) is 0. The van der Waals surface area contributed by atoms with Gasteiger partial charge in [0.15, 0.2) is 5.60 Å². The van der Waals surface area contributed by atoms with Crippen molar-refractivity contribution in [2.45, 2.75) is 45.1 Å². The summed E-state index contributed by atoms with van der Waals surface area (Å²) >= 11 is 0. The number of benzene rings is 3. The minimum absolute atomic E-state index is 0.0467. The highest BCUT2D eigenvalue weighted by Gasteiger charge is 2.56. The smallest absolute Gasteiger partial charge is 0.340 e. The van der Waals surface area contributed by atoms with Gasteiger partial charge in [0.2, 0.25) is 11.8 Å². The lowest BCUT2D eigenvalue weighted by atomic mass is 9.78. The molecule has 0 atom stereocenters. The van der Waals surface area contributed by atoms with Crippen LogP contribution < -0.4 is 20.2 Å². The molecule has 0 aliphatic carbocycles. The van der Waals surface area contributed by atoms with Gasteiger partial charge in [-0.25, -0.2) is 9.59 Å². The van der Waals surface area contributed by atoms with Gasteiger partial charge in [-0.3, -0.25) is 9.59 Å². The molecule has 0 N–H and O–H groups in total. The van der Waals surface area contributed by atoms with Gasteiger partial charge in [0.1, 0.15) is 13.7 Å². The van der Waals surface area contributed by atoms with Crippen molar-refractivity contribution in [3.8, 4) is 0 Å². The summed E-state index contributed by atoms with van der Waals surface area (Å²) in [5.74, 6) is -0.743. The van der Waals surface area contributed by atoms with Crippen molar-refractivity contribution in [2.24, 2.45) is 11.8 Å². The van der Waals surface area contributed by atoms with Gasteiger partial charge in [-0.2, -0.15) is 0 Å². The van der Waals surface area contributed by atoms with Crippen molar-refractivity contribution in [3.05, 3.63) is 82.4 Å². The fraction of sp³-hybridized carbons (Fsp3) is 0.436. The Bertz CT molecular complexity index is 1860. The van der Waals surface area contributed by atoms with Gasteiger partial charge in [0, 0.05) is 82.4 Å². The topological polar surface area (TPSA) is 99.7 Å². The second-order valence-electron chi connectivity index (χ2n) is 16.1. The van der Waals surface area contributed by atoms with Crippen LogP contribution in [0.2, 0.25) is 13.1 Å². The first-order valence-corrected chi connectivity index (χ1v) is 20.3. The largest absolute Gasteiger partial charge is 0.456 e. The van der Waals surface area contributed by atoms with Crippen molar-refractivity contribution in [3.63, 3.8) is 0 Å². The Morgan fingerprint density at radius 1 is 0.760 bits per heavy atom. The molecule has 1 spiro atoms. The van der Waals surface area contributed by atoms with Crippen LogP contribution in [-0.4, -0.2) is 102 Å². The quantitative estimate of drug-likeness (QED) is 0.297. The molecule has 11 heteroatoms. The molecule has 4 aliphatic rings. The van der Waals surface area contributed by atoms with E-state index in [0.717, 1.165) is 32.9 Å². The highest BCUT2D eigenvalue weighted by atomic mass is 28.3. The summed E-state index contributed by atoms with van der Waals surface area (Å²) in [4.78, 5) is 60.2. The number of carbonyl (C=O) groups excluding carboxylic acids is 4. The van der Waals surface area contributed by atoms with Crippen molar-refractivity contribution in [2.75, 3.05) is 64.2 Å². The molecule has 4 heterocycles. The van der Waals surface area contributed by atoms with Crippen LogP contribution in [0.5, 0.6) is 0 Å². The molecule has 0 aromatic heterocycles. The molecule has 3 aromatic rings. The molecule has 3 aromatic carbocycles. The van der Waals surface area contributed by atoms with Crippen LogP contribution in [0, 0.1) is 11.8 Å². The van der Waals surface area contributed by atoms with Gasteiger partial charge in [0.25, 0.3) is 0 Å². The number of ether oxygens (including phenoxy) is 2. The molecular weight excluding hydrogens is 649 g/mol. The highest BCUT2D eigenvalue weighted by molar-refractivity contribution is 7.01. The summed E-state index contributed by atoms with van der Waals surface area (Å²) in [6.45, 7) is 12.7. The summed E-state index contributed by atoms with van der Waals surface area (Å²) in [5, 5.41) is 2.27. The summed E-state index contributed by atoms with van der Waals surface area (Å²) in [7, 11) is 4.69. The molecule has 50 heavy (non-hydrogen) atoms. The van der Waals surface area contributed by atoms with Gasteiger partial charge in [-0.1, -0.05) is 25.2 Å². The number of amides is 2. The number of hydrogen-bond acceptors (Lipinski definition) is 8. The maximum Gasteiger partial charge on any atom is 0.340 e. The zero-order valence-corrected chi connectivity index (χ0v) is 31.4. The molecule has 4 aliphatic heterocycles. The number of fused-ring (bicyclic) bond motifs is 6. The minimum Gasteiger partial charge on any atom is -0.456 e. The van der Waals surface area contributed by atoms with Crippen LogP contribution in [0.4, 0.5) is 11.4 Å². The van der Waals surface area contributed by atoms with Gasteiger partial charge in [0.05, 0.1) is 23.0 Å². The van der Waals surface area contributed by atoms with Crippen molar-refractivity contribution in [1.29, 1.82) is 0 Å². The second-order valence-corrected chi connectivity index (χ2v) is 20.4. The van der Waals surface area contributed by atoms with E-state index in [1.54, 1.807) is 56.2 Å². The fourth-order valence-electron chi connectivity index (χ4n) is 7.94. The lowest BCUT2D eigenvalue weighted by Crippen LogP contribution is -2.64. The van der Waals surface area contributed by atoms with E-state index in [4.69, 9.17) is 9.47 Å². The molecule has 0 radical (unpaired) electrons. The van der Waals surface area contributed by atoms with Gasteiger partial charge in [-0.05, 0) is 73.6 Å². The molecule has 7 rings (SSSR count). The number of carbonyl (C=O) groups is 4. The molecule has 2 amide bonds. The normalized spacial score (nSPS) is 18.7. The molecule has 262 valence electrons. The third-order valence-corrected chi connectivity index (χ3v) is 14.2. The third kappa shape index (κ3) is 5.20. The Labute approximate surface area is 294 Å². The molecule has 2 fully saturated rings. The van der Waals surface area contributed by atoms with E-state index < -0.39 is 31.2 Å². The summed E-state index contributed by atoms with van der Waals surface area (Å²) in [6, 6.07) is 17.8. The van der Waals surface area contributed by atoms with Gasteiger partial charge >= 0.3 is 11.9 Å². The molecule has 0 bridgehead atoms. The van der Waals surface area contributed by atoms with E-state index in [2.05, 4.69) is 59.3 Å². The Morgan fingerprint density at radius 3 is 1.68 bits per heavy atom. The monoisotopic (exact) mass is 694 g/mol. The Balaban J connectivity index is 1.36. The molecule has 2 saturated heterocycles. The van der Waals surface area contributed by atoms with E-state index in [9.17, 15) is 19.2 Å². The van der Waals surface area contributed by atoms with Crippen molar-refractivity contribution >= 4 is 53.6 Å². The summed E-state index contributed by atoms with van der Waals surface area (Å²) < 4.78 is 12.3. The van der Waals surface area contributed by atoms with Crippen LogP contribution in [0.3, 0.4) is 0 Å². The number of esters is 2. The second kappa shape index (κ2) is 11.4. The Kier molecular flexibility index (Phi) is 7.74. The van der Waals surface area contributed by atoms with Gasteiger partial charge in [-0.15, -0.1) is 0 Å². The SMILES string of the molecule is CN(C)C(=O)C1CN(c2ccc3c(c2)[Si](C)(C)c2cc(N4CC(C(=O)N(C)C)C4)ccc2C32OC(=O)c3ccc(C(=O)OC(C)(C)C)cc32)C1. The van der Waals surface area contributed by atoms with Crippen molar-refractivity contribution in [1.82, 2.24) is 9.80 Å². The number of anilines is 2. The predicted molar refractivity (Wildman–Crippen MR) is 195 cm³/mol. The lowest BCUT2D eigenvalue weighted by molar-refractivity contribution is -0.134. The van der Waals surface area contributed by atoms with Crippen LogP contribution >= 0.6 is 0 Å². The van der Waals surface area contributed by atoms with E-state index in [1.807, 2.05) is 20.8 Å². The number of rotatable bonds is 5. The minimum atomic E-state index is -2.47. The Hall–Kier alpha value is -4.64. The first kappa shape index (κ1) is 33.8. The van der Waals surface area contributed by atoms with E-state index in [-0.39, 0.29) is 23.7 Å². The summed E-state index contributed by atoms with van der Waals surface area (Å²) in [5.41, 5.74) is 3.29.